The minimum absolute atomic E-state index is 0.182. The second-order valence-corrected chi connectivity index (χ2v) is 7.85. The first kappa shape index (κ1) is 19.8. The van der Waals surface area contributed by atoms with E-state index in [0.717, 1.165) is 37.4 Å². The van der Waals surface area contributed by atoms with Crippen molar-refractivity contribution in [1.82, 2.24) is 20.1 Å². The minimum atomic E-state index is -4.44. The molecular weight excluding hydrogens is 381 g/mol. The predicted molar refractivity (Wildman–Crippen MR) is 94.2 cm³/mol. The highest BCUT2D eigenvalue weighted by Gasteiger charge is 2.30. The number of alkyl halides is 3. The Morgan fingerprint density at radius 2 is 2.11 bits per heavy atom. The molecule has 1 amide bonds. The summed E-state index contributed by atoms with van der Waals surface area (Å²) in [6.45, 7) is 0.215. The van der Waals surface area contributed by atoms with Crippen molar-refractivity contribution < 1.29 is 22.4 Å². The van der Waals surface area contributed by atoms with Crippen molar-refractivity contribution in [2.75, 3.05) is 6.54 Å². The van der Waals surface area contributed by atoms with Gasteiger partial charge in [0, 0.05) is 6.04 Å². The number of thioether (sulfide) groups is 1. The molecule has 1 aliphatic carbocycles. The Kier molecular flexibility index (Phi) is 6.13. The fraction of sp³-hybridized carbons (Fsp3) is 0.588. The number of nitrogens with one attached hydrogen (secondary N) is 1. The van der Waals surface area contributed by atoms with E-state index in [4.69, 9.17) is 4.42 Å². The Labute approximate surface area is 158 Å². The van der Waals surface area contributed by atoms with Gasteiger partial charge in [-0.3, -0.25) is 9.36 Å². The Balaban J connectivity index is 1.79. The predicted octanol–water partition coefficient (Wildman–Crippen LogP) is 4.20. The molecule has 0 saturated heterocycles. The number of carbonyl (C=O) groups is 1. The van der Waals surface area contributed by atoms with E-state index < -0.39 is 23.9 Å². The van der Waals surface area contributed by atoms with Crippen LogP contribution in [0.2, 0.25) is 0 Å². The van der Waals surface area contributed by atoms with E-state index in [1.807, 2.05) is 9.88 Å². The number of nitrogens with zero attached hydrogens (tertiary/aromatic N) is 3. The second-order valence-electron chi connectivity index (χ2n) is 6.54. The zero-order chi connectivity index (χ0) is 19.4. The Bertz CT molecular complexity index is 755. The van der Waals surface area contributed by atoms with Crippen molar-refractivity contribution in [3.63, 3.8) is 0 Å². The highest BCUT2D eigenvalue weighted by Crippen LogP contribution is 2.36. The van der Waals surface area contributed by atoms with Crippen molar-refractivity contribution in [3.05, 3.63) is 18.4 Å². The third-order valence-corrected chi connectivity index (χ3v) is 5.52. The molecule has 148 valence electrons. The van der Waals surface area contributed by atoms with Crippen LogP contribution in [0.5, 0.6) is 0 Å². The van der Waals surface area contributed by atoms with Crippen LogP contribution in [0, 0.1) is 0 Å². The molecule has 10 heteroatoms. The second kappa shape index (κ2) is 8.37. The van der Waals surface area contributed by atoms with Gasteiger partial charge < -0.3 is 9.73 Å². The number of amides is 1. The van der Waals surface area contributed by atoms with Crippen molar-refractivity contribution in [1.29, 1.82) is 0 Å². The van der Waals surface area contributed by atoms with Gasteiger partial charge in [-0.15, -0.1) is 10.2 Å². The SMILES string of the molecule is CC(Sc1nnc(-c2ccco2)n1C1CCCCC1)C(=O)NCC(F)(F)F. The van der Waals surface area contributed by atoms with Crippen molar-refractivity contribution in [2.45, 2.75) is 61.7 Å². The van der Waals surface area contributed by atoms with Gasteiger partial charge >= 0.3 is 6.18 Å². The molecule has 1 N–H and O–H groups in total. The van der Waals surface area contributed by atoms with Gasteiger partial charge in [0.25, 0.3) is 0 Å². The number of halogens is 3. The molecule has 3 rings (SSSR count). The standard InChI is InChI=1S/C17H21F3N4O2S/c1-11(15(25)21-10-17(18,19)20)27-16-23-22-14(13-8-5-9-26-13)24(16)12-6-3-2-4-7-12/h5,8-9,11-12H,2-4,6-7,10H2,1H3,(H,21,25). The summed E-state index contributed by atoms with van der Waals surface area (Å²) in [4.78, 5) is 12.0. The maximum absolute atomic E-state index is 12.3. The van der Waals surface area contributed by atoms with Crippen LogP contribution in [-0.4, -0.2) is 38.6 Å². The van der Waals surface area contributed by atoms with E-state index in [9.17, 15) is 18.0 Å². The first-order valence-corrected chi connectivity index (χ1v) is 9.73. The van der Waals surface area contributed by atoms with E-state index >= 15 is 0 Å². The van der Waals surface area contributed by atoms with Crippen LogP contribution in [-0.2, 0) is 4.79 Å². The molecule has 2 aromatic heterocycles. The molecule has 6 nitrogen and oxygen atoms in total. The summed E-state index contributed by atoms with van der Waals surface area (Å²) in [7, 11) is 0. The van der Waals surface area contributed by atoms with E-state index in [1.165, 1.54) is 6.42 Å². The van der Waals surface area contributed by atoms with Gasteiger partial charge in [0.05, 0.1) is 11.5 Å². The van der Waals surface area contributed by atoms with Gasteiger partial charge in [0.2, 0.25) is 11.7 Å². The zero-order valence-electron chi connectivity index (χ0n) is 14.8. The van der Waals surface area contributed by atoms with Crippen molar-refractivity contribution in [3.8, 4) is 11.6 Å². The van der Waals surface area contributed by atoms with Crippen molar-refractivity contribution >= 4 is 17.7 Å². The Morgan fingerprint density at radius 3 is 2.74 bits per heavy atom. The minimum Gasteiger partial charge on any atom is -0.461 e. The fourth-order valence-corrected chi connectivity index (χ4v) is 4.09. The number of aromatic nitrogens is 3. The van der Waals surface area contributed by atoms with Gasteiger partial charge in [0.1, 0.15) is 6.54 Å². The third kappa shape index (κ3) is 5.06. The summed E-state index contributed by atoms with van der Waals surface area (Å²) < 4.78 is 44.4. The molecule has 1 aliphatic rings. The molecule has 0 spiro atoms. The first-order chi connectivity index (χ1) is 12.8. The molecule has 2 aromatic rings. The summed E-state index contributed by atoms with van der Waals surface area (Å²) in [5.41, 5.74) is 0. The van der Waals surface area contributed by atoms with Crippen LogP contribution in [0.1, 0.15) is 45.1 Å². The van der Waals surface area contributed by atoms with Gasteiger partial charge in [-0.2, -0.15) is 13.2 Å². The van der Waals surface area contributed by atoms with Crippen LogP contribution in [0.4, 0.5) is 13.2 Å². The Morgan fingerprint density at radius 1 is 1.37 bits per heavy atom. The number of carbonyl (C=O) groups excluding carboxylic acids is 1. The highest BCUT2D eigenvalue weighted by molar-refractivity contribution is 8.00. The molecule has 2 heterocycles. The summed E-state index contributed by atoms with van der Waals surface area (Å²) in [6.07, 6.45) is 2.40. The topological polar surface area (TPSA) is 73.0 Å². The lowest BCUT2D eigenvalue weighted by Crippen LogP contribution is -2.38. The van der Waals surface area contributed by atoms with Crippen LogP contribution in [0.15, 0.2) is 28.0 Å². The summed E-state index contributed by atoms with van der Waals surface area (Å²) >= 11 is 1.11. The summed E-state index contributed by atoms with van der Waals surface area (Å²) in [6, 6.07) is 3.73. The van der Waals surface area contributed by atoms with Gasteiger partial charge in [-0.1, -0.05) is 31.0 Å². The molecule has 0 radical (unpaired) electrons. The molecular formula is C17H21F3N4O2S. The molecule has 1 atom stereocenters. The fourth-order valence-electron chi connectivity index (χ4n) is 3.14. The molecule has 27 heavy (non-hydrogen) atoms. The number of rotatable bonds is 6. The lowest BCUT2D eigenvalue weighted by molar-refractivity contribution is -0.137. The average Bonchev–Trinajstić information content (AvgIpc) is 3.29. The third-order valence-electron chi connectivity index (χ3n) is 4.46. The quantitative estimate of drug-likeness (QED) is 0.733. The monoisotopic (exact) mass is 402 g/mol. The molecule has 0 aliphatic heterocycles. The average molecular weight is 402 g/mol. The smallest absolute Gasteiger partial charge is 0.405 e. The Hall–Kier alpha value is -1.97. The maximum atomic E-state index is 12.3. The molecule has 0 bridgehead atoms. The zero-order valence-corrected chi connectivity index (χ0v) is 15.6. The normalized spacial score (nSPS) is 17.0. The highest BCUT2D eigenvalue weighted by atomic mass is 32.2. The van der Waals surface area contributed by atoms with Gasteiger partial charge in [-0.05, 0) is 31.9 Å². The molecule has 1 unspecified atom stereocenters. The van der Waals surface area contributed by atoms with E-state index in [1.54, 1.807) is 25.3 Å². The van der Waals surface area contributed by atoms with Crippen LogP contribution in [0.25, 0.3) is 11.6 Å². The number of furan rings is 1. The lowest BCUT2D eigenvalue weighted by atomic mass is 9.95. The van der Waals surface area contributed by atoms with E-state index in [0.29, 0.717) is 16.7 Å². The first-order valence-electron chi connectivity index (χ1n) is 8.85. The molecule has 0 aromatic carbocycles. The number of hydrogen-bond donors (Lipinski definition) is 1. The van der Waals surface area contributed by atoms with Crippen LogP contribution < -0.4 is 5.32 Å². The van der Waals surface area contributed by atoms with E-state index in [-0.39, 0.29) is 6.04 Å². The van der Waals surface area contributed by atoms with Gasteiger partial charge in [0.15, 0.2) is 10.9 Å². The van der Waals surface area contributed by atoms with E-state index in [2.05, 4.69) is 10.2 Å². The van der Waals surface area contributed by atoms with Crippen LogP contribution >= 0.6 is 11.8 Å². The molecule has 1 saturated carbocycles. The van der Waals surface area contributed by atoms with Crippen molar-refractivity contribution in [2.24, 2.45) is 0 Å². The maximum Gasteiger partial charge on any atom is 0.405 e. The number of hydrogen-bond acceptors (Lipinski definition) is 5. The summed E-state index contributed by atoms with van der Waals surface area (Å²) in [5, 5.41) is 10.1. The van der Waals surface area contributed by atoms with Crippen LogP contribution in [0.3, 0.4) is 0 Å². The molecule has 1 fully saturated rings. The van der Waals surface area contributed by atoms with Gasteiger partial charge in [-0.25, -0.2) is 0 Å². The lowest BCUT2D eigenvalue weighted by Gasteiger charge is -2.25. The largest absolute Gasteiger partial charge is 0.461 e. The summed E-state index contributed by atoms with van der Waals surface area (Å²) in [5.74, 6) is 0.474.